The summed E-state index contributed by atoms with van der Waals surface area (Å²) in [4.78, 5) is 61.4. The normalized spacial score (nSPS) is 40.0. The van der Waals surface area contributed by atoms with Gasteiger partial charge >= 0.3 is 17.9 Å². The quantitative estimate of drug-likeness (QED) is 0.180. The number of methoxy groups -OCH3 is 1. The smallest absolute Gasteiger partial charge is 0.320 e. The first-order valence-electron chi connectivity index (χ1n) is 20.2. The third-order valence-electron chi connectivity index (χ3n) is 12.4. The van der Waals surface area contributed by atoms with Crippen LogP contribution in [0.2, 0.25) is 0 Å². The van der Waals surface area contributed by atoms with Gasteiger partial charge in [0.05, 0.1) is 35.9 Å². The fraction of sp³-hybridized carbons (Fsp3) is 0.786. The number of Topliss-reactive ketones (excluding diaryl/α,β-unsaturated/α-hetero) is 1. The molecule has 14 heteroatoms. The number of aryl methyl sites for hydroxylation is 1. The van der Waals surface area contributed by atoms with E-state index < -0.39 is 94.7 Å². The lowest BCUT2D eigenvalue weighted by atomic mass is 9.70. The molecule has 3 saturated heterocycles. The maximum Gasteiger partial charge on any atom is 0.320 e. The van der Waals surface area contributed by atoms with Gasteiger partial charge in [-0.1, -0.05) is 33.8 Å². The molecule has 3 aliphatic heterocycles. The Hall–Kier alpha value is -2.62. The fourth-order valence-electron chi connectivity index (χ4n) is 9.21. The Morgan fingerprint density at radius 2 is 1.77 bits per heavy atom. The first kappa shape index (κ1) is 46.1. The van der Waals surface area contributed by atoms with E-state index in [2.05, 4.69) is 4.98 Å². The summed E-state index contributed by atoms with van der Waals surface area (Å²) in [7, 11) is 5.32. The molecule has 4 heterocycles. The van der Waals surface area contributed by atoms with Crippen molar-refractivity contribution < 1.29 is 52.7 Å². The predicted molar refractivity (Wildman–Crippen MR) is 212 cm³/mol. The van der Waals surface area contributed by atoms with Gasteiger partial charge in [-0.05, 0) is 91.8 Å². The molecule has 0 unspecified atom stereocenters. The van der Waals surface area contributed by atoms with Crippen molar-refractivity contribution in [3.05, 3.63) is 30.1 Å². The zero-order chi connectivity index (χ0) is 41.7. The van der Waals surface area contributed by atoms with Crippen LogP contribution >= 0.6 is 11.8 Å². The third-order valence-corrected chi connectivity index (χ3v) is 13.8. The molecule has 1 aromatic heterocycles. The number of carbonyl (C=O) groups is 4. The molecule has 0 spiro atoms. The van der Waals surface area contributed by atoms with Crippen molar-refractivity contribution in [1.29, 1.82) is 0 Å². The number of carbonyl (C=O) groups excluding carboxylic acids is 4. The number of rotatable bonds is 11. The number of thioether (sulfide) groups is 1. The van der Waals surface area contributed by atoms with Gasteiger partial charge in [0.1, 0.15) is 17.1 Å². The summed E-state index contributed by atoms with van der Waals surface area (Å²) in [6.07, 6.45) is -0.984. The Bertz CT molecular complexity index is 1500. The fourth-order valence-corrected chi connectivity index (χ4v) is 10.7. The van der Waals surface area contributed by atoms with Crippen molar-refractivity contribution in [3.63, 3.8) is 0 Å². The molecule has 1 aromatic rings. The zero-order valence-electron chi connectivity index (χ0n) is 35.4. The highest BCUT2D eigenvalue weighted by Gasteiger charge is 2.61. The number of ether oxygens (including phenoxy) is 6. The van der Waals surface area contributed by atoms with Gasteiger partial charge in [0.2, 0.25) is 0 Å². The van der Waals surface area contributed by atoms with Crippen LogP contribution in [0.5, 0.6) is 0 Å². The van der Waals surface area contributed by atoms with Gasteiger partial charge < -0.3 is 38.4 Å². The van der Waals surface area contributed by atoms with Gasteiger partial charge in [0.15, 0.2) is 18.0 Å². The minimum Gasteiger partial charge on any atom is -0.458 e. The molecule has 56 heavy (non-hydrogen) atoms. The van der Waals surface area contributed by atoms with Crippen LogP contribution in [0, 0.1) is 29.6 Å². The molecule has 0 amide bonds. The highest BCUT2D eigenvalue weighted by Crippen LogP contribution is 2.49. The van der Waals surface area contributed by atoms with Crippen molar-refractivity contribution in [2.75, 3.05) is 27.0 Å². The largest absolute Gasteiger partial charge is 0.458 e. The second kappa shape index (κ2) is 19.4. The van der Waals surface area contributed by atoms with Crippen molar-refractivity contribution in [2.45, 2.75) is 154 Å². The number of aromatic nitrogens is 1. The van der Waals surface area contributed by atoms with Crippen molar-refractivity contribution >= 4 is 35.5 Å². The van der Waals surface area contributed by atoms with Crippen LogP contribution in [0.15, 0.2) is 24.4 Å². The maximum atomic E-state index is 14.7. The van der Waals surface area contributed by atoms with E-state index in [4.69, 9.17) is 28.4 Å². The second-order valence-electron chi connectivity index (χ2n) is 16.8. The number of ketones is 1. The predicted octanol–water partition coefficient (Wildman–Crippen LogP) is 5.03. The van der Waals surface area contributed by atoms with Crippen molar-refractivity contribution in [3.8, 4) is 0 Å². The second-order valence-corrected chi connectivity index (χ2v) is 18.1. The van der Waals surface area contributed by atoms with Crippen molar-refractivity contribution in [1.82, 2.24) is 9.88 Å². The van der Waals surface area contributed by atoms with E-state index in [1.807, 2.05) is 71.8 Å². The molecular weight excluding hydrogens is 741 g/mol. The standard InChI is InChI=1S/C42H66N2O11S/c1-13-31-42(9)32(36(39(49)55-42)56-20-16-18-29-17-14-15-19-43-29)25(4)33(46)23(2)22-41(8,50-12)37(26(5)34(47)27(6)38(48)53-31)54-40-35(52-28(7)45)30(44(10)11)21-24(3)51-40/h14-15,17,19,23-27,30-32,34-37,40,47H,13,16,18,20-22H2,1-12H3/t23-,24-,25-,26+,27-,30+,31-,32+,34+,35-,36+,37-,40+,41-,42-/m1/s1. The SMILES string of the molecule is CC[C@H]1OC(=O)[C@H](C)[C@@H](O)[C@H](C)[C@@H](O[C@@H]2O[C@H](C)C[C@H](N(C)C)[C@H]2OC(C)=O)[C@](C)(OC)C[C@@H](C)C(=O)[C@H](C)[C@H]2[C@H](SCCCc3ccccn3)C(=O)O[C@@]21C. The lowest BCUT2D eigenvalue weighted by Gasteiger charge is -2.48. The highest BCUT2D eigenvalue weighted by atomic mass is 32.2. The van der Waals surface area contributed by atoms with Gasteiger partial charge in [-0.25, -0.2) is 0 Å². The van der Waals surface area contributed by atoms with Crippen LogP contribution in [0.1, 0.15) is 93.7 Å². The number of cyclic esters (lactones) is 1. The van der Waals surface area contributed by atoms with Crippen LogP contribution < -0.4 is 0 Å². The Kier molecular flexibility index (Phi) is 16.0. The van der Waals surface area contributed by atoms with Crippen LogP contribution in [-0.4, -0.2) is 125 Å². The summed E-state index contributed by atoms with van der Waals surface area (Å²) in [6.45, 7) is 15.7. The van der Waals surface area contributed by atoms with Gasteiger partial charge in [-0.3, -0.25) is 24.2 Å². The van der Waals surface area contributed by atoms with E-state index >= 15 is 0 Å². The van der Waals surface area contributed by atoms with E-state index in [0.717, 1.165) is 18.5 Å². The minimum absolute atomic E-state index is 0.103. The lowest BCUT2D eigenvalue weighted by Crippen LogP contribution is -2.60. The average Bonchev–Trinajstić information content (AvgIpc) is 3.42. The molecule has 3 aliphatic rings. The number of esters is 3. The molecule has 1 N–H and O–H groups in total. The van der Waals surface area contributed by atoms with E-state index in [1.54, 1.807) is 27.0 Å². The molecule has 316 valence electrons. The Balaban J connectivity index is 1.74. The summed E-state index contributed by atoms with van der Waals surface area (Å²) in [5.41, 5.74) is -1.58. The Morgan fingerprint density at radius 1 is 1.07 bits per heavy atom. The van der Waals surface area contributed by atoms with E-state index in [1.165, 1.54) is 25.8 Å². The molecule has 13 nitrogen and oxygen atoms in total. The number of pyridine rings is 1. The van der Waals surface area contributed by atoms with E-state index in [9.17, 15) is 24.3 Å². The minimum atomic E-state index is -1.31. The molecule has 3 fully saturated rings. The molecular formula is C42H66N2O11S. The molecule has 0 bridgehead atoms. The average molecular weight is 807 g/mol. The van der Waals surface area contributed by atoms with E-state index in [-0.39, 0.29) is 24.3 Å². The van der Waals surface area contributed by atoms with E-state index in [0.29, 0.717) is 18.6 Å². The summed E-state index contributed by atoms with van der Waals surface area (Å²) >= 11 is 1.46. The monoisotopic (exact) mass is 806 g/mol. The van der Waals surface area contributed by atoms with Gasteiger partial charge in [0, 0.05) is 49.6 Å². The number of nitrogens with zero attached hydrogens (tertiary/aromatic N) is 2. The highest BCUT2D eigenvalue weighted by molar-refractivity contribution is 8.00. The molecule has 4 rings (SSSR count). The first-order chi connectivity index (χ1) is 26.3. The molecule has 0 aromatic carbocycles. The summed E-state index contributed by atoms with van der Waals surface area (Å²) in [5.74, 6) is -4.81. The van der Waals surface area contributed by atoms with Crippen LogP contribution in [-0.2, 0) is 54.0 Å². The van der Waals surface area contributed by atoms with Crippen LogP contribution in [0.25, 0.3) is 0 Å². The number of hydrogen-bond acceptors (Lipinski definition) is 14. The van der Waals surface area contributed by atoms with Crippen molar-refractivity contribution in [2.24, 2.45) is 29.6 Å². The van der Waals surface area contributed by atoms with Gasteiger partial charge in [-0.15, -0.1) is 11.8 Å². The van der Waals surface area contributed by atoms with Crippen LogP contribution in [0.4, 0.5) is 0 Å². The van der Waals surface area contributed by atoms with Gasteiger partial charge in [0.25, 0.3) is 0 Å². The summed E-state index contributed by atoms with van der Waals surface area (Å²) < 4.78 is 37.7. The molecule has 15 atom stereocenters. The topological polar surface area (TPSA) is 160 Å². The number of hydrogen-bond donors (Lipinski definition) is 1. The summed E-state index contributed by atoms with van der Waals surface area (Å²) in [5, 5.41) is 11.3. The zero-order valence-corrected chi connectivity index (χ0v) is 36.2. The third kappa shape index (κ3) is 10.1. The molecule has 0 radical (unpaired) electrons. The first-order valence-corrected chi connectivity index (χ1v) is 21.2. The summed E-state index contributed by atoms with van der Waals surface area (Å²) in [6, 6.07) is 5.54. The number of aliphatic hydroxyl groups is 1. The van der Waals surface area contributed by atoms with Crippen LogP contribution in [0.3, 0.4) is 0 Å². The number of fused-ring (bicyclic) bond motifs is 1. The molecule has 0 saturated carbocycles. The maximum absolute atomic E-state index is 14.7. The lowest BCUT2D eigenvalue weighted by molar-refractivity contribution is -0.303. The number of likely N-dealkylation sites (N-methyl/N-ethyl adjacent to an activating group) is 1. The Labute approximate surface area is 337 Å². The molecule has 0 aliphatic carbocycles. The Morgan fingerprint density at radius 3 is 2.36 bits per heavy atom. The number of aliphatic hydroxyl groups excluding tert-OH is 1. The van der Waals surface area contributed by atoms with Gasteiger partial charge in [-0.2, -0.15) is 0 Å².